The molecular weight excluding hydrogens is 335 g/mol. The molecule has 2 aromatic carbocycles. The van der Waals surface area contributed by atoms with Crippen LogP contribution in [0.15, 0.2) is 47.6 Å². The Hall–Kier alpha value is -2.04. The molecule has 0 radical (unpaired) electrons. The summed E-state index contributed by atoms with van der Waals surface area (Å²) in [4.78, 5) is 11.9. The smallest absolute Gasteiger partial charge is 0.244 e. The Bertz CT molecular complexity index is 728. The van der Waals surface area contributed by atoms with Gasteiger partial charge in [0.1, 0.15) is 5.75 Å². The van der Waals surface area contributed by atoms with Gasteiger partial charge < -0.3 is 4.74 Å². The first-order valence-corrected chi connectivity index (χ1v) is 7.66. The van der Waals surface area contributed by atoms with Gasteiger partial charge in [-0.1, -0.05) is 41.4 Å². The van der Waals surface area contributed by atoms with Crippen LogP contribution < -0.4 is 10.2 Å². The van der Waals surface area contributed by atoms with E-state index >= 15 is 0 Å². The zero-order chi connectivity index (χ0) is 16.8. The normalized spacial score (nSPS) is 11.2. The molecule has 0 aliphatic carbocycles. The number of benzene rings is 2. The Balaban J connectivity index is 1.97. The first-order valence-electron chi connectivity index (χ1n) is 6.91. The molecule has 0 aliphatic rings. The molecule has 0 aliphatic heterocycles. The average molecular weight is 351 g/mol. The van der Waals surface area contributed by atoms with Crippen molar-refractivity contribution in [2.75, 3.05) is 7.11 Å². The van der Waals surface area contributed by atoms with Crippen molar-refractivity contribution in [3.63, 3.8) is 0 Å². The van der Waals surface area contributed by atoms with E-state index in [0.29, 0.717) is 15.8 Å². The third-order valence-electron chi connectivity index (χ3n) is 3.21. The Morgan fingerprint density at radius 1 is 1.13 bits per heavy atom. The molecule has 0 spiro atoms. The minimum Gasteiger partial charge on any atom is -0.497 e. The third kappa shape index (κ3) is 4.98. The van der Waals surface area contributed by atoms with Crippen LogP contribution in [-0.2, 0) is 11.2 Å². The number of hydrogen-bond donors (Lipinski definition) is 1. The minimum absolute atomic E-state index is 0.199. The molecular formula is C17H16Cl2N2O2. The number of halogens is 2. The monoisotopic (exact) mass is 350 g/mol. The number of hydrogen-bond acceptors (Lipinski definition) is 3. The molecule has 0 unspecified atom stereocenters. The Morgan fingerprint density at radius 3 is 2.43 bits per heavy atom. The minimum atomic E-state index is -0.199. The summed E-state index contributed by atoms with van der Waals surface area (Å²) in [7, 11) is 1.60. The van der Waals surface area contributed by atoms with Crippen molar-refractivity contribution in [3.8, 4) is 5.75 Å². The van der Waals surface area contributed by atoms with Gasteiger partial charge in [-0.25, -0.2) is 5.43 Å². The number of methoxy groups -OCH3 is 1. The van der Waals surface area contributed by atoms with Gasteiger partial charge in [0.2, 0.25) is 5.91 Å². The van der Waals surface area contributed by atoms with Crippen molar-refractivity contribution in [1.82, 2.24) is 5.43 Å². The number of carbonyl (C=O) groups excluding carboxylic acids is 1. The standard InChI is InChI=1S/C17H16Cl2N2O2/c1-11(13-5-8-15(18)16(19)10-13)20-21-17(22)9-12-3-6-14(23-2)7-4-12/h3-8,10H,9H2,1-2H3,(H,21,22)/b20-11+. The third-order valence-corrected chi connectivity index (χ3v) is 3.95. The first kappa shape index (κ1) is 17.3. The summed E-state index contributed by atoms with van der Waals surface area (Å²) in [5.41, 5.74) is 4.85. The zero-order valence-corrected chi connectivity index (χ0v) is 14.3. The van der Waals surface area contributed by atoms with Crippen LogP contribution in [0.3, 0.4) is 0 Å². The molecule has 1 N–H and O–H groups in total. The quantitative estimate of drug-likeness (QED) is 0.652. The van der Waals surface area contributed by atoms with Gasteiger partial charge in [0.05, 0.1) is 29.3 Å². The summed E-state index contributed by atoms with van der Waals surface area (Å²) < 4.78 is 5.08. The average Bonchev–Trinajstić information content (AvgIpc) is 2.56. The molecule has 0 atom stereocenters. The van der Waals surface area contributed by atoms with E-state index in [1.54, 1.807) is 32.2 Å². The van der Waals surface area contributed by atoms with E-state index in [1.165, 1.54) is 0 Å². The zero-order valence-electron chi connectivity index (χ0n) is 12.8. The lowest BCUT2D eigenvalue weighted by molar-refractivity contribution is -0.120. The maximum atomic E-state index is 11.9. The van der Waals surface area contributed by atoms with Crippen molar-refractivity contribution in [1.29, 1.82) is 0 Å². The number of ether oxygens (including phenoxy) is 1. The number of rotatable bonds is 5. The predicted octanol–water partition coefficient (Wildman–Crippen LogP) is 4.08. The van der Waals surface area contributed by atoms with Crippen molar-refractivity contribution in [2.45, 2.75) is 13.3 Å². The second kappa shape index (κ2) is 7.99. The van der Waals surface area contributed by atoms with Crippen LogP contribution in [0, 0.1) is 0 Å². The summed E-state index contributed by atoms with van der Waals surface area (Å²) in [5, 5.41) is 5.01. The summed E-state index contributed by atoms with van der Waals surface area (Å²) >= 11 is 11.8. The highest BCUT2D eigenvalue weighted by molar-refractivity contribution is 6.42. The van der Waals surface area contributed by atoms with E-state index in [-0.39, 0.29) is 12.3 Å². The summed E-state index contributed by atoms with van der Waals surface area (Å²) in [6, 6.07) is 12.5. The Kier molecular flexibility index (Phi) is 6.02. The fourth-order valence-corrected chi connectivity index (χ4v) is 2.20. The number of nitrogens with zero attached hydrogens (tertiary/aromatic N) is 1. The molecule has 0 saturated heterocycles. The molecule has 1 amide bonds. The van der Waals surface area contributed by atoms with Crippen LogP contribution in [-0.4, -0.2) is 18.7 Å². The van der Waals surface area contributed by atoms with Gasteiger partial charge in [-0.15, -0.1) is 0 Å². The second-order valence-corrected chi connectivity index (χ2v) is 5.70. The van der Waals surface area contributed by atoms with E-state index in [0.717, 1.165) is 16.9 Å². The van der Waals surface area contributed by atoms with E-state index in [1.807, 2.05) is 24.3 Å². The van der Waals surface area contributed by atoms with Crippen molar-refractivity contribution in [3.05, 3.63) is 63.6 Å². The topological polar surface area (TPSA) is 50.7 Å². The highest BCUT2D eigenvalue weighted by Gasteiger charge is 2.05. The van der Waals surface area contributed by atoms with Crippen molar-refractivity contribution in [2.24, 2.45) is 5.10 Å². The molecule has 0 saturated carbocycles. The van der Waals surface area contributed by atoms with Gasteiger partial charge in [-0.2, -0.15) is 5.10 Å². The molecule has 0 bridgehead atoms. The maximum Gasteiger partial charge on any atom is 0.244 e. The van der Waals surface area contributed by atoms with Gasteiger partial charge in [0, 0.05) is 0 Å². The Labute approximate surface area is 145 Å². The predicted molar refractivity (Wildman–Crippen MR) is 93.5 cm³/mol. The fourth-order valence-electron chi connectivity index (χ4n) is 1.90. The van der Waals surface area contributed by atoms with Crippen LogP contribution in [0.2, 0.25) is 10.0 Å². The molecule has 6 heteroatoms. The highest BCUT2D eigenvalue weighted by atomic mass is 35.5. The van der Waals surface area contributed by atoms with Gasteiger partial charge >= 0.3 is 0 Å². The van der Waals surface area contributed by atoms with Crippen molar-refractivity contribution < 1.29 is 9.53 Å². The van der Waals surface area contributed by atoms with Crippen LogP contribution >= 0.6 is 23.2 Å². The molecule has 120 valence electrons. The molecule has 4 nitrogen and oxygen atoms in total. The number of hydrazone groups is 1. The van der Waals surface area contributed by atoms with Crippen molar-refractivity contribution >= 4 is 34.8 Å². The number of amides is 1. The van der Waals surface area contributed by atoms with E-state index in [4.69, 9.17) is 27.9 Å². The van der Waals surface area contributed by atoms with E-state index < -0.39 is 0 Å². The Morgan fingerprint density at radius 2 is 1.83 bits per heavy atom. The van der Waals surface area contributed by atoms with Crippen LogP contribution in [0.1, 0.15) is 18.1 Å². The van der Waals surface area contributed by atoms with E-state index in [2.05, 4.69) is 10.5 Å². The summed E-state index contributed by atoms with van der Waals surface area (Å²) in [6.45, 7) is 1.78. The molecule has 0 heterocycles. The largest absolute Gasteiger partial charge is 0.497 e. The molecule has 0 fully saturated rings. The SMILES string of the molecule is COc1ccc(CC(=O)N/N=C(\C)c2ccc(Cl)c(Cl)c2)cc1. The molecule has 2 aromatic rings. The highest BCUT2D eigenvalue weighted by Crippen LogP contribution is 2.22. The lowest BCUT2D eigenvalue weighted by Crippen LogP contribution is -2.21. The number of carbonyl (C=O) groups is 1. The van der Waals surface area contributed by atoms with Crippen LogP contribution in [0.5, 0.6) is 5.75 Å². The van der Waals surface area contributed by atoms with Gasteiger partial charge in [0.25, 0.3) is 0 Å². The fraction of sp³-hybridized carbons (Fsp3) is 0.176. The molecule has 0 aromatic heterocycles. The van der Waals surface area contributed by atoms with Gasteiger partial charge in [0.15, 0.2) is 0 Å². The van der Waals surface area contributed by atoms with Crippen LogP contribution in [0.4, 0.5) is 0 Å². The van der Waals surface area contributed by atoms with Gasteiger partial charge in [-0.05, 0) is 42.3 Å². The summed E-state index contributed by atoms with van der Waals surface area (Å²) in [5.74, 6) is 0.553. The lowest BCUT2D eigenvalue weighted by Gasteiger charge is -2.05. The van der Waals surface area contributed by atoms with Gasteiger partial charge in [-0.3, -0.25) is 4.79 Å². The summed E-state index contributed by atoms with van der Waals surface area (Å²) in [6.07, 6.45) is 0.238. The van der Waals surface area contributed by atoms with Crippen LogP contribution in [0.25, 0.3) is 0 Å². The second-order valence-electron chi connectivity index (χ2n) is 4.89. The van der Waals surface area contributed by atoms with E-state index in [9.17, 15) is 4.79 Å². The molecule has 23 heavy (non-hydrogen) atoms. The molecule has 2 rings (SSSR count). The lowest BCUT2D eigenvalue weighted by atomic mass is 10.1. The number of nitrogens with one attached hydrogen (secondary N) is 1. The first-order chi connectivity index (χ1) is 11.0. The maximum absolute atomic E-state index is 11.9.